The summed E-state index contributed by atoms with van der Waals surface area (Å²) in [4.78, 5) is 27.7. The molecule has 1 amide bonds. The fourth-order valence-electron chi connectivity index (χ4n) is 4.11. The highest BCUT2D eigenvalue weighted by atomic mass is 19.1. The Hall–Kier alpha value is -3.75. The number of nitro groups is 1. The second kappa shape index (κ2) is 8.78. The van der Waals surface area contributed by atoms with Gasteiger partial charge in [-0.25, -0.2) is 9.07 Å². The first-order valence-corrected chi connectivity index (χ1v) is 10.4. The Balaban J connectivity index is 1.44. The van der Waals surface area contributed by atoms with E-state index in [1.807, 2.05) is 18.7 Å². The zero-order valence-corrected chi connectivity index (χ0v) is 18.0. The van der Waals surface area contributed by atoms with Crippen LogP contribution >= 0.6 is 0 Å². The molecule has 9 heteroatoms. The van der Waals surface area contributed by atoms with Gasteiger partial charge in [-0.1, -0.05) is 12.1 Å². The van der Waals surface area contributed by atoms with Gasteiger partial charge in [0.1, 0.15) is 11.5 Å². The van der Waals surface area contributed by atoms with Gasteiger partial charge >= 0.3 is 0 Å². The zero-order valence-electron chi connectivity index (χ0n) is 18.0. The second-order valence-corrected chi connectivity index (χ2v) is 7.83. The van der Waals surface area contributed by atoms with Crippen LogP contribution in [0.5, 0.6) is 0 Å². The molecule has 0 unspecified atom stereocenters. The van der Waals surface area contributed by atoms with E-state index in [1.54, 1.807) is 39.9 Å². The molecule has 1 aromatic heterocycles. The molecule has 1 fully saturated rings. The van der Waals surface area contributed by atoms with Crippen LogP contribution in [0.3, 0.4) is 0 Å². The smallest absolute Gasteiger partial charge is 0.292 e. The Morgan fingerprint density at radius 3 is 2.38 bits per heavy atom. The number of amides is 1. The molecular weight excluding hydrogens is 413 g/mol. The number of hydrogen-bond acceptors (Lipinski definition) is 5. The van der Waals surface area contributed by atoms with Gasteiger partial charge in [0.15, 0.2) is 0 Å². The van der Waals surface area contributed by atoms with Gasteiger partial charge in [-0.05, 0) is 44.2 Å². The van der Waals surface area contributed by atoms with Gasteiger partial charge in [-0.15, -0.1) is 0 Å². The Morgan fingerprint density at radius 1 is 1.06 bits per heavy atom. The van der Waals surface area contributed by atoms with Crippen molar-refractivity contribution in [2.24, 2.45) is 0 Å². The first-order valence-electron chi connectivity index (χ1n) is 10.4. The molecule has 1 aliphatic heterocycles. The minimum Gasteiger partial charge on any atom is -0.362 e. The third kappa shape index (κ3) is 4.18. The SMILES string of the molecule is Cc1nn(-c2ccc(F)cc2)c(C)c1CC(=O)N1CCN(c2ccccc2[N+](=O)[O-])CC1. The number of carbonyl (C=O) groups is 1. The van der Waals surface area contributed by atoms with Gasteiger partial charge in [-0.3, -0.25) is 14.9 Å². The molecule has 4 rings (SSSR count). The highest BCUT2D eigenvalue weighted by molar-refractivity contribution is 5.80. The van der Waals surface area contributed by atoms with E-state index in [0.717, 1.165) is 22.6 Å². The molecule has 0 aliphatic carbocycles. The average Bonchev–Trinajstić information content (AvgIpc) is 3.08. The second-order valence-electron chi connectivity index (χ2n) is 7.83. The predicted molar refractivity (Wildman–Crippen MR) is 119 cm³/mol. The van der Waals surface area contributed by atoms with Crippen LogP contribution in [0.4, 0.5) is 15.8 Å². The average molecular weight is 437 g/mol. The molecular formula is C23H24FN5O3. The largest absolute Gasteiger partial charge is 0.362 e. The van der Waals surface area contributed by atoms with Crippen LogP contribution in [0.15, 0.2) is 48.5 Å². The third-order valence-electron chi connectivity index (χ3n) is 5.89. The number of anilines is 1. The van der Waals surface area contributed by atoms with E-state index in [9.17, 15) is 19.3 Å². The molecule has 0 N–H and O–H groups in total. The van der Waals surface area contributed by atoms with E-state index in [4.69, 9.17) is 0 Å². The lowest BCUT2D eigenvalue weighted by molar-refractivity contribution is -0.384. The Bertz CT molecular complexity index is 1150. The lowest BCUT2D eigenvalue weighted by atomic mass is 10.1. The van der Waals surface area contributed by atoms with Crippen molar-refractivity contribution in [2.45, 2.75) is 20.3 Å². The number of nitro benzene ring substituents is 1. The van der Waals surface area contributed by atoms with Gasteiger partial charge in [0.2, 0.25) is 5.91 Å². The zero-order chi connectivity index (χ0) is 22.8. The first kappa shape index (κ1) is 21.5. The topological polar surface area (TPSA) is 84.5 Å². The van der Waals surface area contributed by atoms with E-state index in [2.05, 4.69) is 5.10 Å². The van der Waals surface area contributed by atoms with Crippen molar-refractivity contribution in [3.63, 3.8) is 0 Å². The first-order chi connectivity index (χ1) is 15.3. The van der Waals surface area contributed by atoms with Crippen molar-refractivity contribution >= 4 is 17.3 Å². The Labute approximate surface area is 185 Å². The van der Waals surface area contributed by atoms with Crippen LogP contribution < -0.4 is 4.90 Å². The van der Waals surface area contributed by atoms with Crippen molar-refractivity contribution in [3.05, 3.63) is 81.4 Å². The molecule has 3 aromatic rings. The van der Waals surface area contributed by atoms with Crippen LogP contribution in [0, 0.1) is 29.8 Å². The maximum Gasteiger partial charge on any atom is 0.292 e. The molecule has 32 heavy (non-hydrogen) atoms. The number of hydrogen-bond donors (Lipinski definition) is 0. The van der Waals surface area contributed by atoms with Crippen LogP contribution in [-0.2, 0) is 11.2 Å². The highest BCUT2D eigenvalue weighted by Crippen LogP contribution is 2.28. The number of nitrogens with zero attached hydrogens (tertiary/aromatic N) is 5. The monoisotopic (exact) mass is 437 g/mol. The van der Waals surface area contributed by atoms with Gasteiger partial charge in [0.05, 0.1) is 22.7 Å². The summed E-state index contributed by atoms with van der Waals surface area (Å²) >= 11 is 0. The summed E-state index contributed by atoms with van der Waals surface area (Å²) < 4.78 is 15.0. The van der Waals surface area contributed by atoms with E-state index < -0.39 is 0 Å². The van der Waals surface area contributed by atoms with E-state index >= 15 is 0 Å². The fourth-order valence-corrected chi connectivity index (χ4v) is 4.11. The van der Waals surface area contributed by atoms with Crippen molar-refractivity contribution in [1.29, 1.82) is 0 Å². The number of benzene rings is 2. The van der Waals surface area contributed by atoms with Crippen LogP contribution in [0.2, 0.25) is 0 Å². The molecule has 2 aromatic carbocycles. The summed E-state index contributed by atoms with van der Waals surface area (Å²) in [6.07, 6.45) is 0.227. The third-order valence-corrected chi connectivity index (χ3v) is 5.89. The van der Waals surface area contributed by atoms with Crippen molar-refractivity contribution < 1.29 is 14.1 Å². The molecule has 0 radical (unpaired) electrons. The lowest BCUT2D eigenvalue weighted by Crippen LogP contribution is -2.49. The summed E-state index contributed by atoms with van der Waals surface area (Å²) in [7, 11) is 0. The van der Waals surface area contributed by atoms with E-state index in [0.29, 0.717) is 31.9 Å². The molecule has 2 heterocycles. The number of rotatable bonds is 5. The normalized spacial score (nSPS) is 14.0. The molecule has 1 saturated heterocycles. The quantitative estimate of drug-likeness (QED) is 0.451. The van der Waals surface area contributed by atoms with Gasteiger partial charge in [-0.2, -0.15) is 5.10 Å². The minimum atomic E-state index is -0.378. The molecule has 1 aliphatic rings. The molecule has 0 atom stereocenters. The van der Waals surface area contributed by atoms with Crippen molar-refractivity contribution in [2.75, 3.05) is 31.1 Å². The summed E-state index contributed by atoms with van der Waals surface area (Å²) in [6.45, 7) is 5.82. The number of aromatic nitrogens is 2. The number of carbonyl (C=O) groups excluding carboxylic acids is 1. The Kier molecular flexibility index (Phi) is 5.89. The predicted octanol–water partition coefficient (Wildman–Crippen LogP) is 3.43. The van der Waals surface area contributed by atoms with Gasteiger partial charge in [0, 0.05) is 43.5 Å². The molecule has 0 spiro atoms. The maximum absolute atomic E-state index is 13.2. The fraction of sp³-hybridized carbons (Fsp3) is 0.304. The number of piperazine rings is 1. The Morgan fingerprint density at radius 2 is 1.72 bits per heavy atom. The van der Waals surface area contributed by atoms with Gasteiger partial charge in [0.25, 0.3) is 5.69 Å². The number of para-hydroxylation sites is 2. The lowest BCUT2D eigenvalue weighted by Gasteiger charge is -2.35. The van der Waals surface area contributed by atoms with Crippen LogP contribution in [-0.4, -0.2) is 51.7 Å². The highest BCUT2D eigenvalue weighted by Gasteiger charge is 2.26. The van der Waals surface area contributed by atoms with E-state index in [1.165, 1.54) is 18.2 Å². The van der Waals surface area contributed by atoms with Gasteiger partial charge < -0.3 is 9.80 Å². The maximum atomic E-state index is 13.2. The standard InChI is InChI=1S/C23H24FN5O3/c1-16-20(17(2)28(25-16)19-9-7-18(24)8-10-19)15-23(30)27-13-11-26(12-14-27)21-5-3-4-6-22(21)29(31)32/h3-10H,11-15H2,1-2H3. The molecule has 0 bridgehead atoms. The van der Waals surface area contributed by atoms with E-state index in [-0.39, 0.29) is 28.8 Å². The van der Waals surface area contributed by atoms with Crippen molar-refractivity contribution in [3.8, 4) is 5.69 Å². The number of aryl methyl sites for hydroxylation is 1. The van der Waals surface area contributed by atoms with Crippen LogP contribution in [0.25, 0.3) is 5.69 Å². The summed E-state index contributed by atoms with van der Waals surface area (Å²) in [6, 6.07) is 12.7. The minimum absolute atomic E-state index is 0.00272. The summed E-state index contributed by atoms with van der Waals surface area (Å²) in [5, 5.41) is 15.9. The molecule has 0 saturated carbocycles. The van der Waals surface area contributed by atoms with Crippen molar-refractivity contribution in [1.82, 2.24) is 14.7 Å². The summed E-state index contributed by atoms with van der Waals surface area (Å²) in [5.41, 5.74) is 3.87. The number of halogens is 1. The van der Waals surface area contributed by atoms with Crippen LogP contribution in [0.1, 0.15) is 17.0 Å². The molecule has 8 nitrogen and oxygen atoms in total. The summed E-state index contributed by atoms with van der Waals surface area (Å²) in [5.74, 6) is -0.317. The molecule has 166 valence electrons.